The Morgan fingerprint density at radius 1 is 1.07 bits per heavy atom. The van der Waals surface area contributed by atoms with Gasteiger partial charge in [0.25, 0.3) is 0 Å². The molecule has 1 aliphatic rings. The van der Waals surface area contributed by atoms with Gasteiger partial charge in [0.05, 0.1) is 10.8 Å². The van der Waals surface area contributed by atoms with Crippen LogP contribution in [0.1, 0.15) is 25.7 Å². The normalized spacial score (nSPS) is 19.9. The lowest BCUT2D eigenvalue weighted by molar-refractivity contribution is -0.141. The van der Waals surface area contributed by atoms with E-state index in [0.717, 1.165) is 10.8 Å². The second-order valence-electron chi connectivity index (χ2n) is 6.77. The molecule has 27 heavy (non-hydrogen) atoms. The van der Waals surface area contributed by atoms with Crippen LogP contribution in [0.25, 0.3) is 10.8 Å². The van der Waals surface area contributed by atoms with Crippen molar-refractivity contribution in [2.45, 2.75) is 36.6 Å². The van der Waals surface area contributed by atoms with Gasteiger partial charge >= 0.3 is 5.97 Å². The number of rotatable bonds is 7. The van der Waals surface area contributed by atoms with Crippen LogP contribution in [0.15, 0.2) is 47.4 Å². The van der Waals surface area contributed by atoms with E-state index in [1.54, 1.807) is 12.1 Å². The molecule has 0 saturated heterocycles. The molecule has 0 heterocycles. The maximum Gasteiger partial charge on any atom is 0.306 e. The largest absolute Gasteiger partial charge is 0.481 e. The molecule has 1 saturated carbocycles. The molecule has 0 radical (unpaired) electrons. The molecule has 0 unspecified atom stereocenters. The average Bonchev–Trinajstić information content (AvgIpc) is 3.10. The summed E-state index contributed by atoms with van der Waals surface area (Å²) in [6.45, 7) is -0.0178. The van der Waals surface area contributed by atoms with Crippen molar-refractivity contribution in [1.82, 2.24) is 10.0 Å². The van der Waals surface area contributed by atoms with Crippen molar-refractivity contribution in [1.29, 1.82) is 0 Å². The van der Waals surface area contributed by atoms with Crippen LogP contribution >= 0.6 is 0 Å². The van der Waals surface area contributed by atoms with E-state index in [1.807, 2.05) is 24.3 Å². The predicted octanol–water partition coefficient (Wildman–Crippen LogP) is 1.88. The summed E-state index contributed by atoms with van der Waals surface area (Å²) in [6.07, 6.45) is 1.60. The topological polar surface area (TPSA) is 113 Å². The zero-order valence-electron chi connectivity index (χ0n) is 14.7. The van der Waals surface area contributed by atoms with Crippen LogP contribution in [0.3, 0.4) is 0 Å². The quantitative estimate of drug-likeness (QED) is 0.668. The molecule has 1 amide bonds. The lowest BCUT2D eigenvalue weighted by Crippen LogP contribution is -2.36. The van der Waals surface area contributed by atoms with Crippen LogP contribution in [-0.4, -0.2) is 38.0 Å². The molecule has 0 spiro atoms. The van der Waals surface area contributed by atoms with Gasteiger partial charge in [-0.25, -0.2) is 13.1 Å². The maximum atomic E-state index is 12.4. The van der Waals surface area contributed by atoms with E-state index in [-0.39, 0.29) is 29.8 Å². The fraction of sp³-hybridized carbons (Fsp3) is 0.368. The molecule has 0 bridgehead atoms. The third-order valence-electron chi connectivity index (χ3n) is 4.82. The van der Waals surface area contributed by atoms with Gasteiger partial charge < -0.3 is 10.4 Å². The molecular weight excluding hydrogens is 368 g/mol. The van der Waals surface area contributed by atoms with E-state index in [1.165, 1.54) is 6.07 Å². The van der Waals surface area contributed by atoms with Gasteiger partial charge in [-0.05, 0) is 42.2 Å². The number of carbonyl (C=O) groups excluding carboxylic acids is 1. The minimum Gasteiger partial charge on any atom is -0.481 e. The van der Waals surface area contributed by atoms with E-state index in [9.17, 15) is 18.0 Å². The van der Waals surface area contributed by atoms with Crippen molar-refractivity contribution < 1.29 is 23.1 Å². The van der Waals surface area contributed by atoms with Crippen LogP contribution in [0.5, 0.6) is 0 Å². The number of hydrogen-bond acceptors (Lipinski definition) is 4. The summed E-state index contributed by atoms with van der Waals surface area (Å²) < 4.78 is 27.3. The van der Waals surface area contributed by atoms with Crippen molar-refractivity contribution in [3.8, 4) is 0 Å². The molecule has 7 nitrogen and oxygen atoms in total. The molecular formula is C19H22N2O5S. The summed E-state index contributed by atoms with van der Waals surface area (Å²) >= 11 is 0. The van der Waals surface area contributed by atoms with E-state index in [0.29, 0.717) is 19.3 Å². The molecule has 0 aromatic heterocycles. The van der Waals surface area contributed by atoms with Crippen molar-refractivity contribution in [2.75, 3.05) is 6.54 Å². The second-order valence-corrected chi connectivity index (χ2v) is 8.54. The van der Waals surface area contributed by atoms with Crippen LogP contribution < -0.4 is 10.0 Å². The molecule has 1 aliphatic carbocycles. The smallest absolute Gasteiger partial charge is 0.306 e. The number of aliphatic carboxylic acids is 1. The first-order valence-corrected chi connectivity index (χ1v) is 10.3. The molecule has 8 heteroatoms. The number of hydrogen-bond donors (Lipinski definition) is 3. The van der Waals surface area contributed by atoms with Crippen LogP contribution in [0.2, 0.25) is 0 Å². The minimum absolute atomic E-state index is 0.00104. The molecule has 2 aromatic rings. The van der Waals surface area contributed by atoms with Crippen molar-refractivity contribution in [2.24, 2.45) is 5.92 Å². The Hall–Kier alpha value is -2.45. The number of fused-ring (bicyclic) bond motifs is 1. The standard InChI is InChI=1S/C19H22N2O5S/c22-18(21-16-7-5-15(11-16)19(23)24)9-10-20-27(25,26)17-8-6-13-3-1-2-4-14(13)12-17/h1-4,6,8,12,15-16,20H,5,7,9-11H2,(H,21,22)(H,23,24)/t15-,16+/m0/s1. The Balaban J connectivity index is 1.51. The molecule has 0 aliphatic heterocycles. The van der Waals surface area contributed by atoms with E-state index in [4.69, 9.17) is 5.11 Å². The number of benzene rings is 2. The number of carboxylic acid groups (broad SMARTS) is 1. The SMILES string of the molecule is O=C(CCNS(=O)(=O)c1ccc2ccccc2c1)N[C@@H]1CC[C@H](C(=O)O)C1. The van der Waals surface area contributed by atoms with Gasteiger partial charge in [-0.2, -0.15) is 0 Å². The van der Waals surface area contributed by atoms with Gasteiger partial charge in [0.1, 0.15) is 0 Å². The van der Waals surface area contributed by atoms with Crippen molar-refractivity contribution in [3.05, 3.63) is 42.5 Å². The highest BCUT2D eigenvalue weighted by Crippen LogP contribution is 2.25. The van der Waals surface area contributed by atoms with E-state index >= 15 is 0 Å². The number of amides is 1. The number of nitrogens with one attached hydrogen (secondary N) is 2. The van der Waals surface area contributed by atoms with Crippen LogP contribution in [0, 0.1) is 5.92 Å². The number of sulfonamides is 1. The summed E-state index contributed by atoms with van der Waals surface area (Å²) in [7, 11) is -3.70. The van der Waals surface area contributed by atoms with Gasteiger partial charge in [0.2, 0.25) is 15.9 Å². The fourth-order valence-electron chi connectivity index (χ4n) is 3.35. The highest BCUT2D eigenvalue weighted by Gasteiger charge is 2.30. The third kappa shape index (κ3) is 4.84. The predicted molar refractivity (Wildman–Crippen MR) is 101 cm³/mol. The Labute approximate surface area is 157 Å². The lowest BCUT2D eigenvalue weighted by Gasteiger charge is -2.13. The zero-order chi connectivity index (χ0) is 19.4. The third-order valence-corrected chi connectivity index (χ3v) is 6.28. The van der Waals surface area contributed by atoms with Crippen LogP contribution in [0.4, 0.5) is 0 Å². The highest BCUT2D eigenvalue weighted by atomic mass is 32.2. The lowest BCUT2D eigenvalue weighted by atomic mass is 10.1. The van der Waals surface area contributed by atoms with Gasteiger partial charge in [-0.15, -0.1) is 0 Å². The van der Waals surface area contributed by atoms with Crippen molar-refractivity contribution >= 4 is 32.7 Å². The monoisotopic (exact) mass is 390 g/mol. The number of carboxylic acids is 1. The number of carbonyl (C=O) groups is 2. The molecule has 144 valence electrons. The molecule has 2 atom stereocenters. The van der Waals surface area contributed by atoms with E-state index < -0.39 is 21.9 Å². The van der Waals surface area contributed by atoms with Gasteiger partial charge in [-0.1, -0.05) is 30.3 Å². The second kappa shape index (κ2) is 8.06. The Kier molecular flexibility index (Phi) is 5.76. The summed E-state index contributed by atoms with van der Waals surface area (Å²) in [4.78, 5) is 23.1. The summed E-state index contributed by atoms with van der Waals surface area (Å²) in [6, 6.07) is 12.2. The fourth-order valence-corrected chi connectivity index (χ4v) is 4.42. The summed E-state index contributed by atoms with van der Waals surface area (Å²) in [5, 5.41) is 13.5. The molecule has 2 aromatic carbocycles. The average molecular weight is 390 g/mol. The van der Waals surface area contributed by atoms with Crippen LogP contribution in [-0.2, 0) is 19.6 Å². The summed E-state index contributed by atoms with van der Waals surface area (Å²) in [5.41, 5.74) is 0. The maximum absolute atomic E-state index is 12.4. The Morgan fingerprint density at radius 3 is 2.52 bits per heavy atom. The first kappa shape index (κ1) is 19.3. The zero-order valence-corrected chi connectivity index (χ0v) is 15.5. The minimum atomic E-state index is -3.70. The van der Waals surface area contributed by atoms with E-state index in [2.05, 4.69) is 10.0 Å². The van der Waals surface area contributed by atoms with Gasteiger partial charge in [0.15, 0.2) is 0 Å². The molecule has 3 N–H and O–H groups in total. The first-order chi connectivity index (χ1) is 12.8. The molecule has 1 fully saturated rings. The van der Waals surface area contributed by atoms with Crippen molar-refractivity contribution in [3.63, 3.8) is 0 Å². The highest BCUT2D eigenvalue weighted by molar-refractivity contribution is 7.89. The van der Waals surface area contributed by atoms with Gasteiger partial charge in [-0.3, -0.25) is 9.59 Å². The Morgan fingerprint density at radius 2 is 1.81 bits per heavy atom. The first-order valence-electron chi connectivity index (χ1n) is 8.86. The Bertz CT molecular complexity index is 957. The van der Waals surface area contributed by atoms with Gasteiger partial charge in [0, 0.05) is 19.0 Å². The summed E-state index contributed by atoms with van der Waals surface area (Å²) in [5.74, 6) is -1.54. The molecule has 3 rings (SSSR count).